The molecule has 98 valence electrons. The van der Waals surface area contributed by atoms with Gasteiger partial charge in [-0.05, 0) is 30.4 Å². The van der Waals surface area contributed by atoms with E-state index >= 15 is 0 Å². The molecule has 2 heterocycles. The molecule has 1 aliphatic heterocycles. The van der Waals surface area contributed by atoms with Crippen LogP contribution in [0.25, 0.3) is 0 Å². The van der Waals surface area contributed by atoms with Gasteiger partial charge in [0.25, 0.3) is 0 Å². The van der Waals surface area contributed by atoms with Gasteiger partial charge in [-0.3, -0.25) is 0 Å². The second-order valence-electron chi connectivity index (χ2n) is 5.29. The molecule has 0 radical (unpaired) electrons. The van der Waals surface area contributed by atoms with Gasteiger partial charge in [-0.15, -0.1) is 0 Å². The summed E-state index contributed by atoms with van der Waals surface area (Å²) in [6.45, 7) is 2.23. The lowest BCUT2D eigenvalue weighted by atomic mass is 10.00. The lowest BCUT2D eigenvalue weighted by Gasteiger charge is -2.21. The Balaban J connectivity index is 1.85. The number of aromatic nitrogens is 1. The molecule has 3 rings (SSSR count). The number of nitrogens with two attached hydrogens (primary N) is 1. The average molecular weight is 268 g/mol. The number of pyridine rings is 1. The van der Waals surface area contributed by atoms with Gasteiger partial charge in [0.05, 0.1) is 11.1 Å². The van der Waals surface area contributed by atoms with Crippen LogP contribution in [-0.4, -0.2) is 29.3 Å². The summed E-state index contributed by atoms with van der Waals surface area (Å²) in [4.78, 5) is 6.57. The van der Waals surface area contributed by atoms with Crippen LogP contribution in [0.2, 0.25) is 5.02 Å². The Morgan fingerprint density at radius 1 is 1.44 bits per heavy atom. The molecule has 1 saturated carbocycles. The van der Waals surface area contributed by atoms with Gasteiger partial charge in [0.1, 0.15) is 5.82 Å². The Morgan fingerprint density at radius 3 is 3.00 bits per heavy atom. The normalized spacial score (nSPS) is 30.8. The van der Waals surface area contributed by atoms with Gasteiger partial charge >= 0.3 is 0 Å². The summed E-state index contributed by atoms with van der Waals surface area (Å²) in [5.74, 6) is 1.78. The number of hydrogen-bond acceptors (Lipinski definition) is 4. The molecular weight excluding hydrogens is 250 g/mol. The van der Waals surface area contributed by atoms with Gasteiger partial charge in [0.15, 0.2) is 0 Å². The molecule has 2 aliphatic rings. The maximum atomic E-state index is 9.93. The van der Waals surface area contributed by atoms with Crippen LogP contribution in [0.5, 0.6) is 0 Å². The summed E-state index contributed by atoms with van der Waals surface area (Å²) in [5.41, 5.74) is 6.59. The molecular formula is C13H18ClN3O. The summed E-state index contributed by atoms with van der Waals surface area (Å²) < 4.78 is 0. The van der Waals surface area contributed by atoms with Crippen LogP contribution in [0.3, 0.4) is 0 Å². The van der Waals surface area contributed by atoms with E-state index < -0.39 is 0 Å². The smallest absolute Gasteiger partial charge is 0.147 e. The van der Waals surface area contributed by atoms with E-state index in [0.717, 1.165) is 37.3 Å². The highest BCUT2D eigenvalue weighted by molar-refractivity contribution is 6.33. The summed E-state index contributed by atoms with van der Waals surface area (Å²) >= 11 is 6.34. The molecule has 0 spiro atoms. The van der Waals surface area contributed by atoms with E-state index in [1.54, 1.807) is 6.20 Å². The average Bonchev–Trinajstić information content (AvgIpc) is 2.92. The van der Waals surface area contributed by atoms with Crippen molar-refractivity contribution < 1.29 is 5.11 Å². The topological polar surface area (TPSA) is 62.4 Å². The number of anilines is 1. The summed E-state index contributed by atoms with van der Waals surface area (Å²) in [7, 11) is 0. The number of fused-ring (bicyclic) bond motifs is 1. The molecule has 1 saturated heterocycles. The molecule has 18 heavy (non-hydrogen) atoms. The second kappa shape index (κ2) is 4.68. The van der Waals surface area contributed by atoms with Gasteiger partial charge in [-0.1, -0.05) is 11.6 Å². The van der Waals surface area contributed by atoms with E-state index in [2.05, 4.69) is 9.88 Å². The predicted molar refractivity (Wildman–Crippen MR) is 71.6 cm³/mol. The molecule has 2 fully saturated rings. The molecule has 1 aliphatic carbocycles. The molecule has 1 aromatic rings. The molecule has 3 N–H and O–H groups in total. The van der Waals surface area contributed by atoms with Crippen LogP contribution in [0.1, 0.15) is 18.4 Å². The van der Waals surface area contributed by atoms with E-state index in [1.807, 2.05) is 6.07 Å². The first kappa shape index (κ1) is 12.2. The minimum absolute atomic E-state index is 0.156. The van der Waals surface area contributed by atoms with Crippen LogP contribution >= 0.6 is 11.6 Å². The SMILES string of the molecule is NCc1ccnc(N2CC3CCC(O)C3C2)c1Cl. The number of aliphatic hydroxyl groups is 1. The first-order valence-corrected chi connectivity index (χ1v) is 6.85. The maximum Gasteiger partial charge on any atom is 0.147 e. The van der Waals surface area contributed by atoms with Crippen LogP contribution in [0.4, 0.5) is 5.82 Å². The number of nitrogens with zero attached hydrogens (tertiary/aromatic N) is 2. The number of hydrogen-bond donors (Lipinski definition) is 2. The van der Waals surface area contributed by atoms with Crippen molar-refractivity contribution in [2.24, 2.45) is 17.6 Å². The van der Waals surface area contributed by atoms with Crippen LogP contribution < -0.4 is 10.6 Å². The highest BCUT2D eigenvalue weighted by Crippen LogP contribution is 2.41. The van der Waals surface area contributed by atoms with Crippen LogP contribution in [0.15, 0.2) is 12.3 Å². The summed E-state index contributed by atoms with van der Waals surface area (Å²) in [6, 6.07) is 1.86. The maximum absolute atomic E-state index is 9.93. The number of aliphatic hydroxyl groups excluding tert-OH is 1. The van der Waals surface area contributed by atoms with E-state index in [0.29, 0.717) is 23.4 Å². The third kappa shape index (κ3) is 1.88. The van der Waals surface area contributed by atoms with Crippen molar-refractivity contribution in [2.45, 2.75) is 25.5 Å². The third-order valence-corrected chi connectivity index (χ3v) is 4.70. The van der Waals surface area contributed by atoms with E-state index in [4.69, 9.17) is 17.3 Å². The Bertz CT molecular complexity index is 454. The Morgan fingerprint density at radius 2 is 2.28 bits per heavy atom. The molecule has 0 bridgehead atoms. The van der Waals surface area contributed by atoms with Gasteiger partial charge in [0, 0.05) is 31.7 Å². The van der Waals surface area contributed by atoms with Crippen molar-refractivity contribution in [3.05, 3.63) is 22.8 Å². The standard InChI is InChI=1S/C13H18ClN3O/c14-12-8(5-15)3-4-16-13(12)17-6-9-1-2-11(18)10(9)7-17/h3-4,9-11,18H,1-2,5-7,15H2. The fourth-order valence-corrected chi connectivity index (χ4v) is 3.57. The van der Waals surface area contributed by atoms with Gasteiger partial charge in [-0.25, -0.2) is 4.98 Å². The fraction of sp³-hybridized carbons (Fsp3) is 0.615. The highest BCUT2D eigenvalue weighted by atomic mass is 35.5. The van der Waals surface area contributed by atoms with Gasteiger partial charge in [0.2, 0.25) is 0 Å². The Hall–Kier alpha value is -0.840. The minimum Gasteiger partial charge on any atom is -0.393 e. The van der Waals surface area contributed by atoms with Crippen molar-refractivity contribution in [1.82, 2.24) is 4.98 Å². The first-order valence-electron chi connectivity index (χ1n) is 6.47. The van der Waals surface area contributed by atoms with E-state index in [1.165, 1.54) is 0 Å². The van der Waals surface area contributed by atoms with Crippen LogP contribution in [-0.2, 0) is 6.54 Å². The predicted octanol–water partition coefficient (Wildman–Crippen LogP) is 1.40. The zero-order valence-corrected chi connectivity index (χ0v) is 11.0. The van der Waals surface area contributed by atoms with E-state index in [-0.39, 0.29) is 6.10 Å². The molecule has 5 heteroatoms. The monoisotopic (exact) mass is 267 g/mol. The first-order chi connectivity index (χ1) is 8.70. The molecule has 1 aromatic heterocycles. The van der Waals surface area contributed by atoms with Crippen molar-refractivity contribution >= 4 is 17.4 Å². The Labute approximate surface area is 112 Å². The largest absolute Gasteiger partial charge is 0.393 e. The molecule has 0 aromatic carbocycles. The number of halogens is 1. The van der Waals surface area contributed by atoms with Crippen molar-refractivity contribution in [3.8, 4) is 0 Å². The second-order valence-corrected chi connectivity index (χ2v) is 5.66. The fourth-order valence-electron chi connectivity index (χ4n) is 3.26. The Kier molecular flexibility index (Phi) is 3.18. The lowest BCUT2D eigenvalue weighted by molar-refractivity contribution is 0.133. The minimum atomic E-state index is -0.156. The van der Waals surface area contributed by atoms with Crippen molar-refractivity contribution in [2.75, 3.05) is 18.0 Å². The van der Waals surface area contributed by atoms with E-state index in [9.17, 15) is 5.11 Å². The van der Waals surface area contributed by atoms with Crippen LogP contribution in [0, 0.1) is 11.8 Å². The van der Waals surface area contributed by atoms with Crippen molar-refractivity contribution in [3.63, 3.8) is 0 Å². The molecule has 3 atom stereocenters. The lowest BCUT2D eigenvalue weighted by Crippen LogP contribution is -2.25. The summed E-state index contributed by atoms with van der Waals surface area (Å²) in [6.07, 6.45) is 3.65. The number of rotatable bonds is 2. The van der Waals surface area contributed by atoms with Gasteiger partial charge in [-0.2, -0.15) is 0 Å². The summed E-state index contributed by atoms with van der Waals surface area (Å²) in [5, 5.41) is 10.6. The zero-order valence-electron chi connectivity index (χ0n) is 10.2. The third-order valence-electron chi connectivity index (χ3n) is 4.29. The zero-order chi connectivity index (χ0) is 12.7. The van der Waals surface area contributed by atoms with Gasteiger partial charge < -0.3 is 15.7 Å². The quantitative estimate of drug-likeness (QED) is 0.850. The molecule has 0 amide bonds. The highest BCUT2D eigenvalue weighted by Gasteiger charge is 2.42. The molecule has 4 nitrogen and oxygen atoms in total. The van der Waals surface area contributed by atoms with Crippen molar-refractivity contribution in [1.29, 1.82) is 0 Å². The molecule has 3 unspecified atom stereocenters.